The zero-order chi connectivity index (χ0) is 23.7. The summed E-state index contributed by atoms with van der Waals surface area (Å²) in [5, 5.41) is 16.6. The predicted octanol–water partition coefficient (Wildman–Crippen LogP) is 4.06. The van der Waals surface area contributed by atoms with E-state index >= 15 is 0 Å². The molecule has 11 heteroatoms. The zero-order valence-corrected chi connectivity index (χ0v) is 19.9. The number of para-hydroxylation sites is 1. The molecule has 5 rings (SSSR count). The number of nitrogens with one attached hydrogen (secondary N) is 2. The molecule has 0 aliphatic rings. The van der Waals surface area contributed by atoms with Gasteiger partial charge in [0.25, 0.3) is 5.56 Å². The van der Waals surface area contributed by atoms with Crippen molar-refractivity contribution >= 4 is 45.2 Å². The van der Waals surface area contributed by atoms with Gasteiger partial charge in [0.1, 0.15) is 10.4 Å². The lowest BCUT2D eigenvalue weighted by atomic mass is 10.2. The van der Waals surface area contributed by atoms with Gasteiger partial charge in [0.15, 0.2) is 10.8 Å². The summed E-state index contributed by atoms with van der Waals surface area (Å²) in [6.07, 6.45) is 1.49. The summed E-state index contributed by atoms with van der Waals surface area (Å²) >= 11 is 2.45. The SMILES string of the molecule is Cc1ccc(-c2nnc(NC(=O)C(C)Sc3nc4c(cnn4-c4ccccc4)c(=O)[nH]3)s2)cc1. The molecular weight excluding hydrogens is 470 g/mol. The van der Waals surface area contributed by atoms with Crippen molar-refractivity contribution in [3.05, 3.63) is 76.7 Å². The Balaban J connectivity index is 1.32. The molecule has 5 aromatic rings. The topological polar surface area (TPSA) is 118 Å². The van der Waals surface area contributed by atoms with Crippen LogP contribution in [0.15, 0.2) is 70.7 Å². The van der Waals surface area contributed by atoms with Crippen LogP contribution in [0.25, 0.3) is 27.3 Å². The molecule has 2 aromatic carbocycles. The van der Waals surface area contributed by atoms with Crippen LogP contribution in [-0.4, -0.2) is 41.1 Å². The van der Waals surface area contributed by atoms with Crippen LogP contribution in [0, 0.1) is 6.92 Å². The summed E-state index contributed by atoms with van der Waals surface area (Å²) in [5.41, 5.74) is 3.00. The molecule has 3 aromatic heterocycles. The van der Waals surface area contributed by atoms with E-state index in [0.29, 0.717) is 21.3 Å². The third-order valence-corrected chi connectivity index (χ3v) is 6.90. The lowest BCUT2D eigenvalue weighted by Gasteiger charge is -2.10. The maximum Gasteiger partial charge on any atom is 0.262 e. The number of carbonyl (C=O) groups is 1. The Hall–Kier alpha value is -3.83. The average molecular weight is 490 g/mol. The van der Waals surface area contributed by atoms with E-state index in [-0.39, 0.29) is 11.5 Å². The van der Waals surface area contributed by atoms with Gasteiger partial charge in [0, 0.05) is 5.56 Å². The molecule has 0 saturated heterocycles. The van der Waals surface area contributed by atoms with Crippen molar-refractivity contribution in [3.63, 3.8) is 0 Å². The van der Waals surface area contributed by atoms with Gasteiger partial charge in [0.05, 0.1) is 17.1 Å². The molecule has 0 bridgehead atoms. The summed E-state index contributed by atoms with van der Waals surface area (Å²) in [4.78, 5) is 32.6. The van der Waals surface area contributed by atoms with Crippen molar-refractivity contribution in [2.75, 3.05) is 5.32 Å². The molecule has 0 saturated carbocycles. The van der Waals surface area contributed by atoms with Crippen molar-refractivity contribution < 1.29 is 4.79 Å². The Labute approximate surface area is 202 Å². The number of amides is 1. The van der Waals surface area contributed by atoms with Crippen LogP contribution in [0.2, 0.25) is 0 Å². The molecule has 3 heterocycles. The fraction of sp³-hybridized carbons (Fsp3) is 0.130. The largest absolute Gasteiger partial charge is 0.301 e. The van der Waals surface area contributed by atoms with Gasteiger partial charge in [-0.25, -0.2) is 9.67 Å². The molecule has 0 aliphatic heterocycles. The second kappa shape index (κ2) is 9.20. The lowest BCUT2D eigenvalue weighted by molar-refractivity contribution is -0.115. The van der Waals surface area contributed by atoms with E-state index in [1.54, 1.807) is 11.6 Å². The Morgan fingerprint density at radius 2 is 1.88 bits per heavy atom. The second-order valence-corrected chi connectivity index (χ2v) is 9.84. The second-order valence-electron chi connectivity index (χ2n) is 7.53. The minimum atomic E-state index is -0.541. The molecule has 1 amide bonds. The number of carbonyl (C=O) groups excluding carboxylic acids is 1. The summed E-state index contributed by atoms with van der Waals surface area (Å²) in [6.45, 7) is 3.75. The number of anilines is 1. The Morgan fingerprint density at radius 1 is 1.12 bits per heavy atom. The number of rotatable bonds is 6. The highest BCUT2D eigenvalue weighted by molar-refractivity contribution is 8.00. The lowest BCUT2D eigenvalue weighted by Crippen LogP contribution is -2.23. The number of hydrogen-bond donors (Lipinski definition) is 2. The van der Waals surface area contributed by atoms with Crippen LogP contribution in [0.3, 0.4) is 0 Å². The van der Waals surface area contributed by atoms with Gasteiger partial charge in [-0.2, -0.15) is 5.10 Å². The minimum Gasteiger partial charge on any atom is -0.301 e. The maximum atomic E-state index is 12.8. The highest BCUT2D eigenvalue weighted by Crippen LogP contribution is 2.28. The predicted molar refractivity (Wildman–Crippen MR) is 134 cm³/mol. The number of benzene rings is 2. The van der Waals surface area contributed by atoms with Gasteiger partial charge >= 0.3 is 0 Å². The molecule has 9 nitrogen and oxygen atoms in total. The zero-order valence-electron chi connectivity index (χ0n) is 18.2. The van der Waals surface area contributed by atoms with Gasteiger partial charge < -0.3 is 4.98 Å². The first-order valence-corrected chi connectivity index (χ1v) is 12.1. The first-order chi connectivity index (χ1) is 16.5. The van der Waals surface area contributed by atoms with Crippen LogP contribution >= 0.6 is 23.1 Å². The van der Waals surface area contributed by atoms with Crippen LogP contribution < -0.4 is 10.9 Å². The van der Waals surface area contributed by atoms with E-state index in [1.807, 2.05) is 61.5 Å². The van der Waals surface area contributed by atoms with Crippen molar-refractivity contribution in [2.24, 2.45) is 0 Å². The maximum absolute atomic E-state index is 12.8. The number of H-pyrrole nitrogens is 1. The number of fused-ring (bicyclic) bond motifs is 1. The van der Waals surface area contributed by atoms with Gasteiger partial charge in [-0.05, 0) is 26.0 Å². The van der Waals surface area contributed by atoms with Crippen molar-refractivity contribution in [2.45, 2.75) is 24.3 Å². The normalized spacial score (nSPS) is 12.1. The number of aryl methyl sites for hydroxylation is 1. The fourth-order valence-corrected chi connectivity index (χ4v) is 4.77. The van der Waals surface area contributed by atoms with Gasteiger partial charge in [-0.3, -0.25) is 14.9 Å². The molecule has 1 atom stereocenters. The molecule has 170 valence electrons. The number of aromatic amines is 1. The van der Waals surface area contributed by atoms with E-state index in [9.17, 15) is 9.59 Å². The van der Waals surface area contributed by atoms with Crippen LogP contribution in [0.4, 0.5) is 5.13 Å². The summed E-state index contributed by atoms with van der Waals surface area (Å²) in [7, 11) is 0. The Kier molecular flexibility index (Phi) is 5.95. The third kappa shape index (κ3) is 4.47. The van der Waals surface area contributed by atoms with E-state index in [0.717, 1.165) is 33.6 Å². The van der Waals surface area contributed by atoms with E-state index in [1.165, 1.54) is 17.5 Å². The smallest absolute Gasteiger partial charge is 0.262 e. The Bertz CT molecular complexity index is 1520. The van der Waals surface area contributed by atoms with Crippen LogP contribution in [0.5, 0.6) is 0 Å². The molecule has 0 radical (unpaired) electrons. The highest BCUT2D eigenvalue weighted by Gasteiger charge is 2.20. The standard InChI is InChI=1S/C23H19N7O2S2/c1-13-8-10-15(11-9-13)21-28-29-23(34-21)26-19(31)14(2)33-22-25-18-17(20(32)27-22)12-24-30(18)16-6-4-3-5-7-16/h3-12,14H,1-2H3,(H,25,27,32)(H,26,29,31). The minimum absolute atomic E-state index is 0.268. The van der Waals surface area contributed by atoms with Crippen LogP contribution in [-0.2, 0) is 4.79 Å². The van der Waals surface area contributed by atoms with Gasteiger partial charge in [0.2, 0.25) is 11.0 Å². The van der Waals surface area contributed by atoms with Crippen molar-refractivity contribution in [1.29, 1.82) is 0 Å². The number of hydrogen-bond acceptors (Lipinski definition) is 8. The quantitative estimate of drug-likeness (QED) is 0.273. The van der Waals surface area contributed by atoms with E-state index in [4.69, 9.17) is 0 Å². The number of aromatic nitrogens is 6. The molecule has 0 aliphatic carbocycles. The molecule has 34 heavy (non-hydrogen) atoms. The number of thioether (sulfide) groups is 1. The first-order valence-electron chi connectivity index (χ1n) is 10.4. The monoisotopic (exact) mass is 489 g/mol. The van der Waals surface area contributed by atoms with Crippen LogP contribution in [0.1, 0.15) is 12.5 Å². The highest BCUT2D eigenvalue weighted by atomic mass is 32.2. The Morgan fingerprint density at radius 3 is 2.65 bits per heavy atom. The van der Waals surface area contributed by atoms with Crippen molar-refractivity contribution in [1.82, 2.24) is 29.9 Å². The van der Waals surface area contributed by atoms with Gasteiger partial charge in [-0.1, -0.05) is 71.1 Å². The van der Waals surface area contributed by atoms with Gasteiger partial charge in [-0.15, -0.1) is 10.2 Å². The number of nitrogens with zero attached hydrogens (tertiary/aromatic N) is 5. The molecule has 0 spiro atoms. The molecule has 2 N–H and O–H groups in total. The summed E-state index contributed by atoms with van der Waals surface area (Å²) in [6, 6.07) is 17.4. The van der Waals surface area contributed by atoms with Crippen molar-refractivity contribution in [3.8, 4) is 16.3 Å². The summed E-state index contributed by atoms with van der Waals surface area (Å²) < 4.78 is 1.60. The van der Waals surface area contributed by atoms with E-state index in [2.05, 4.69) is 30.6 Å². The molecule has 1 unspecified atom stereocenters. The fourth-order valence-electron chi connectivity index (χ4n) is 3.23. The third-order valence-electron chi connectivity index (χ3n) is 5.03. The first kappa shape index (κ1) is 22.0. The summed E-state index contributed by atoms with van der Waals surface area (Å²) in [5.74, 6) is -0.268. The molecular formula is C23H19N7O2S2. The van der Waals surface area contributed by atoms with E-state index < -0.39 is 5.25 Å². The average Bonchev–Trinajstić information content (AvgIpc) is 3.48. The molecule has 0 fully saturated rings.